The third-order valence-corrected chi connectivity index (χ3v) is 6.85. The van der Waals surface area contributed by atoms with Crippen LogP contribution in [0.15, 0.2) is 6.07 Å². The average molecular weight is 449 g/mol. The molecule has 32 heavy (non-hydrogen) atoms. The van der Waals surface area contributed by atoms with Gasteiger partial charge >= 0.3 is 0 Å². The molecule has 0 spiro atoms. The lowest BCUT2D eigenvalue weighted by atomic mass is 9.87. The van der Waals surface area contributed by atoms with Crippen LogP contribution in [-0.2, 0) is 6.42 Å². The van der Waals surface area contributed by atoms with Gasteiger partial charge in [0.15, 0.2) is 0 Å². The van der Waals surface area contributed by atoms with E-state index in [2.05, 4.69) is 55.4 Å². The van der Waals surface area contributed by atoms with Crippen LogP contribution in [0.1, 0.15) is 136 Å². The van der Waals surface area contributed by atoms with Gasteiger partial charge in [0.1, 0.15) is 17.1 Å². The number of hydrogen-bond donors (Lipinski definition) is 1. The Labute approximate surface area is 201 Å². The number of unbranched alkanes of at least 4 members (excludes halogenated alkanes) is 2. The molecule has 0 fully saturated rings. The molecule has 0 radical (unpaired) electrons. The Morgan fingerprint density at radius 3 is 2.03 bits per heavy atom. The van der Waals surface area contributed by atoms with Crippen molar-refractivity contribution in [1.29, 1.82) is 0 Å². The first kappa shape index (κ1) is 30.8. The lowest BCUT2D eigenvalue weighted by Gasteiger charge is -2.36. The highest BCUT2D eigenvalue weighted by molar-refractivity contribution is 5.53. The molecular formula is C30H56O2. The summed E-state index contributed by atoms with van der Waals surface area (Å²) in [6, 6.07) is 1.80. The van der Waals surface area contributed by atoms with E-state index in [1.165, 1.54) is 56.9 Å². The van der Waals surface area contributed by atoms with Gasteiger partial charge in [0.05, 0.1) is 0 Å². The van der Waals surface area contributed by atoms with E-state index in [0.717, 1.165) is 48.0 Å². The third kappa shape index (κ3) is 11.6. The standard InChI is InChI=1S/C14H20O2.C12H26.C4H10/c1-5-14(4)7-6-11-10(3)12(15)8-9(2)13(11)16-14;1-5-6-9-12(4)10-7-8-11(2)3;1-3-4-2/h8,15H,5-7H2,1-4H3;11-12H,5-10H2,1-4H3;3-4H2,1-2H3/t14-;12-;/m10./s1. The van der Waals surface area contributed by atoms with E-state index < -0.39 is 0 Å². The molecule has 0 saturated carbocycles. The maximum atomic E-state index is 9.79. The molecule has 1 N–H and O–H groups in total. The molecule has 0 amide bonds. The van der Waals surface area contributed by atoms with Crippen molar-refractivity contribution in [3.05, 3.63) is 22.8 Å². The molecule has 2 heteroatoms. The zero-order valence-corrected chi connectivity index (χ0v) is 23.4. The van der Waals surface area contributed by atoms with Gasteiger partial charge in [-0.25, -0.2) is 0 Å². The highest BCUT2D eigenvalue weighted by Crippen LogP contribution is 2.41. The summed E-state index contributed by atoms with van der Waals surface area (Å²) in [6.45, 7) is 22.0. The van der Waals surface area contributed by atoms with E-state index in [9.17, 15) is 5.11 Å². The van der Waals surface area contributed by atoms with Gasteiger partial charge in [0.25, 0.3) is 0 Å². The summed E-state index contributed by atoms with van der Waals surface area (Å²) in [6.07, 6.45) is 14.2. The van der Waals surface area contributed by atoms with Crippen molar-refractivity contribution in [3.63, 3.8) is 0 Å². The number of aromatic hydroxyl groups is 1. The molecule has 1 heterocycles. The lowest BCUT2D eigenvalue weighted by molar-refractivity contribution is 0.0599. The van der Waals surface area contributed by atoms with Gasteiger partial charge in [-0.15, -0.1) is 0 Å². The molecule has 0 bridgehead atoms. The van der Waals surface area contributed by atoms with Crippen molar-refractivity contribution in [3.8, 4) is 11.5 Å². The average Bonchev–Trinajstić information content (AvgIpc) is 2.76. The number of benzene rings is 1. The molecule has 2 atom stereocenters. The summed E-state index contributed by atoms with van der Waals surface area (Å²) in [4.78, 5) is 0. The fraction of sp³-hybridized carbons (Fsp3) is 0.800. The van der Waals surface area contributed by atoms with Crippen LogP contribution in [0.3, 0.4) is 0 Å². The molecule has 2 nitrogen and oxygen atoms in total. The van der Waals surface area contributed by atoms with Crippen molar-refractivity contribution < 1.29 is 9.84 Å². The normalized spacial score (nSPS) is 18.0. The van der Waals surface area contributed by atoms with Crippen LogP contribution in [0.2, 0.25) is 0 Å². The van der Waals surface area contributed by atoms with E-state index in [1.807, 2.05) is 13.8 Å². The van der Waals surface area contributed by atoms with Crippen molar-refractivity contribution in [1.82, 2.24) is 0 Å². The Hall–Kier alpha value is -1.18. The number of aryl methyl sites for hydroxylation is 1. The van der Waals surface area contributed by atoms with Gasteiger partial charge in [-0.3, -0.25) is 0 Å². The molecule has 0 aliphatic carbocycles. The van der Waals surface area contributed by atoms with Gasteiger partial charge in [-0.05, 0) is 69.1 Å². The van der Waals surface area contributed by atoms with Crippen LogP contribution >= 0.6 is 0 Å². The molecule has 0 saturated heterocycles. The first-order valence-electron chi connectivity index (χ1n) is 13.6. The predicted molar refractivity (Wildman–Crippen MR) is 143 cm³/mol. The third-order valence-electron chi connectivity index (χ3n) is 6.85. The molecule has 0 aromatic heterocycles. The number of phenolic OH excluding ortho intramolecular Hbond substituents is 1. The summed E-state index contributed by atoms with van der Waals surface area (Å²) >= 11 is 0. The molecule has 1 aromatic rings. The van der Waals surface area contributed by atoms with Gasteiger partial charge in [-0.1, -0.05) is 99.8 Å². The highest BCUT2D eigenvalue weighted by Gasteiger charge is 2.32. The van der Waals surface area contributed by atoms with E-state index in [0.29, 0.717) is 5.75 Å². The smallest absolute Gasteiger partial charge is 0.126 e. The summed E-state index contributed by atoms with van der Waals surface area (Å²) in [7, 11) is 0. The fourth-order valence-electron chi connectivity index (χ4n) is 3.89. The summed E-state index contributed by atoms with van der Waals surface area (Å²) in [5, 5.41) is 9.79. The van der Waals surface area contributed by atoms with E-state index in [-0.39, 0.29) is 5.60 Å². The van der Waals surface area contributed by atoms with E-state index in [4.69, 9.17) is 4.74 Å². The first-order chi connectivity index (χ1) is 15.0. The minimum atomic E-state index is -0.0405. The Morgan fingerprint density at radius 1 is 0.938 bits per heavy atom. The number of rotatable bonds is 9. The van der Waals surface area contributed by atoms with E-state index in [1.54, 1.807) is 6.07 Å². The maximum absolute atomic E-state index is 9.79. The number of hydrogen-bond acceptors (Lipinski definition) is 2. The van der Waals surface area contributed by atoms with Crippen LogP contribution in [0.25, 0.3) is 0 Å². The minimum Gasteiger partial charge on any atom is -0.508 e. The van der Waals surface area contributed by atoms with Crippen LogP contribution in [-0.4, -0.2) is 10.7 Å². The monoisotopic (exact) mass is 448 g/mol. The van der Waals surface area contributed by atoms with Gasteiger partial charge in [-0.2, -0.15) is 0 Å². The molecule has 1 aliphatic heterocycles. The number of fused-ring (bicyclic) bond motifs is 1. The second-order valence-corrected chi connectivity index (χ2v) is 10.6. The van der Waals surface area contributed by atoms with Gasteiger partial charge in [0, 0.05) is 5.56 Å². The minimum absolute atomic E-state index is 0.0405. The number of ether oxygens (including phenoxy) is 1. The fourth-order valence-corrected chi connectivity index (χ4v) is 3.89. The van der Waals surface area contributed by atoms with Crippen molar-refractivity contribution >= 4 is 0 Å². The first-order valence-corrected chi connectivity index (χ1v) is 13.6. The zero-order chi connectivity index (χ0) is 24.7. The predicted octanol–water partition coefficient (Wildman–Crippen LogP) is 9.95. The quantitative estimate of drug-likeness (QED) is 0.407. The molecule has 188 valence electrons. The highest BCUT2D eigenvalue weighted by atomic mass is 16.5. The van der Waals surface area contributed by atoms with Gasteiger partial charge in [0.2, 0.25) is 0 Å². The number of phenols is 1. The summed E-state index contributed by atoms with van der Waals surface area (Å²) in [5.74, 6) is 3.23. The lowest BCUT2D eigenvalue weighted by Crippen LogP contribution is -2.36. The van der Waals surface area contributed by atoms with E-state index >= 15 is 0 Å². The Kier molecular flexibility index (Phi) is 15.8. The Morgan fingerprint density at radius 2 is 1.53 bits per heavy atom. The Balaban J connectivity index is 0.000000533. The van der Waals surface area contributed by atoms with Crippen LogP contribution in [0, 0.1) is 25.7 Å². The van der Waals surface area contributed by atoms with Crippen molar-refractivity contribution in [2.24, 2.45) is 11.8 Å². The Bertz CT molecular complexity index is 618. The topological polar surface area (TPSA) is 29.5 Å². The second kappa shape index (κ2) is 16.4. The molecular weight excluding hydrogens is 392 g/mol. The SMILES string of the molecule is CCCC.CCCC[C@H](C)CCCC(C)C.CC[C@]1(C)CCc2c(C)c(O)cc(C)c2O1. The molecule has 1 aromatic carbocycles. The van der Waals surface area contributed by atoms with Crippen LogP contribution < -0.4 is 4.74 Å². The summed E-state index contributed by atoms with van der Waals surface area (Å²) in [5.41, 5.74) is 3.15. The van der Waals surface area contributed by atoms with Gasteiger partial charge < -0.3 is 9.84 Å². The van der Waals surface area contributed by atoms with Crippen LogP contribution in [0.4, 0.5) is 0 Å². The van der Waals surface area contributed by atoms with Crippen LogP contribution in [0.5, 0.6) is 11.5 Å². The van der Waals surface area contributed by atoms with Crippen molar-refractivity contribution in [2.45, 2.75) is 145 Å². The zero-order valence-electron chi connectivity index (χ0n) is 23.4. The molecule has 2 rings (SSSR count). The molecule has 1 aliphatic rings. The summed E-state index contributed by atoms with van der Waals surface area (Å²) < 4.78 is 6.12. The second-order valence-electron chi connectivity index (χ2n) is 10.6. The maximum Gasteiger partial charge on any atom is 0.126 e. The molecule has 0 unspecified atom stereocenters. The largest absolute Gasteiger partial charge is 0.508 e. The van der Waals surface area contributed by atoms with Crippen molar-refractivity contribution in [2.75, 3.05) is 0 Å².